The minimum atomic E-state index is -0.542. The summed E-state index contributed by atoms with van der Waals surface area (Å²) in [5, 5.41) is 21.0. The lowest BCUT2D eigenvalue weighted by atomic mass is 10.1. The Bertz CT molecular complexity index is 1090. The number of imide groups is 1. The standard InChI is InChI=1S/C19H11N5O4/c1-28-19(27)11-2-5-14(6-3-11)24-17(25)15-7-4-12(8-16(15)18(24)26)22-23-13(9-20)10-21/h2-8,22H,1H3. The van der Waals surface area contributed by atoms with Crippen molar-refractivity contribution in [3.8, 4) is 12.1 Å². The average Bonchev–Trinajstić information content (AvgIpc) is 2.98. The molecule has 0 fully saturated rings. The van der Waals surface area contributed by atoms with Crippen LogP contribution in [0.3, 0.4) is 0 Å². The molecule has 136 valence electrons. The average molecular weight is 373 g/mol. The van der Waals surface area contributed by atoms with Crippen LogP contribution in [0.15, 0.2) is 47.6 Å². The van der Waals surface area contributed by atoms with Gasteiger partial charge in [0.2, 0.25) is 5.71 Å². The molecule has 9 heteroatoms. The predicted molar refractivity (Wildman–Crippen MR) is 97.6 cm³/mol. The number of hydrogen-bond acceptors (Lipinski definition) is 8. The van der Waals surface area contributed by atoms with Gasteiger partial charge in [-0.15, -0.1) is 0 Å². The molecule has 2 amide bonds. The normalized spacial score (nSPS) is 11.9. The molecule has 1 N–H and O–H groups in total. The number of anilines is 2. The lowest BCUT2D eigenvalue weighted by molar-refractivity contribution is 0.0600. The number of benzene rings is 2. The van der Waals surface area contributed by atoms with Crippen molar-refractivity contribution in [2.45, 2.75) is 0 Å². The van der Waals surface area contributed by atoms with E-state index in [0.29, 0.717) is 11.4 Å². The first-order valence-electron chi connectivity index (χ1n) is 7.85. The Morgan fingerprint density at radius 1 is 1.04 bits per heavy atom. The Kier molecular flexibility index (Phi) is 4.83. The van der Waals surface area contributed by atoms with Crippen molar-refractivity contribution in [3.05, 3.63) is 59.2 Å². The number of carbonyl (C=O) groups excluding carboxylic acids is 3. The first-order chi connectivity index (χ1) is 13.5. The molecule has 9 nitrogen and oxygen atoms in total. The molecule has 0 bridgehead atoms. The molecule has 28 heavy (non-hydrogen) atoms. The summed E-state index contributed by atoms with van der Waals surface area (Å²) >= 11 is 0. The molecule has 3 rings (SSSR count). The van der Waals surface area contributed by atoms with Crippen LogP contribution in [-0.2, 0) is 4.74 Å². The van der Waals surface area contributed by atoms with Crippen LogP contribution in [0.4, 0.5) is 11.4 Å². The minimum absolute atomic E-state index is 0.151. The van der Waals surface area contributed by atoms with Crippen LogP contribution >= 0.6 is 0 Å². The van der Waals surface area contributed by atoms with E-state index in [0.717, 1.165) is 4.90 Å². The van der Waals surface area contributed by atoms with Gasteiger partial charge in [0.25, 0.3) is 11.8 Å². The highest BCUT2D eigenvalue weighted by molar-refractivity contribution is 6.34. The van der Waals surface area contributed by atoms with Gasteiger partial charge in [-0.3, -0.25) is 15.0 Å². The first kappa shape index (κ1) is 18.3. The largest absolute Gasteiger partial charge is 0.465 e. The van der Waals surface area contributed by atoms with Gasteiger partial charge in [0.05, 0.1) is 35.2 Å². The number of ether oxygens (including phenoxy) is 1. The van der Waals surface area contributed by atoms with Gasteiger partial charge >= 0.3 is 5.97 Å². The summed E-state index contributed by atoms with van der Waals surface area (Å²) < 4.78 is 4.62. The van der Waals surface area contributed by atoms with Crippen LogP contribution in [-0.4, -0.2) is 30.6 Å². The van der Waals surface area contributed by atoms with Gasteiger partial charge < -0.3 is 4.74 Å². The molecular formula is C19H11N5O4. The van der Waals surface area contributed by atoms with E-state index in [2.05, 4.69) is 15.3 Å². The van der Waals surface area contributed by atoms with Crippen LogP contribution < -0.4 is 10.3 Å². The predicted octanol–water partition coefficient (Wildman–Crippen LogP) is 2.09. The summed E-state index contributed by atoms with van der Waals surface area (Å²) in [6.07, 6.45) is 0. The topological polar surface area (TPSA) is 136 Å². The molecule has 2 aromatic carbocycles. The van der Waals surface area contributed by atoms with E-state index in [1.54, 1.807) is 12.1 Å². The zero-order valence-electron chi connectivity index (χ0n) is 14.5. The van der Waals surface area contributed by atoms with Crippen molar-refractivity contribution in [1.82, 2.24) is 0 Å². The summed E-state index contributed by atoms with van der Waals surface area (Å²) in [5.41, 5.74) is 3.42. The maximum absolute atomic E-state index is 12.7. The monoisotopic (exact) mass is 373 g/mol. The molecule has 0 saturated heterocycles. The molecule has 1 heterocycles. The van der Waals surface area contributed by atoms with Crippen molar-refractivity contribution in [2.24, 2.45) is 5.10 Å². The number of amides is 2. The molecule has 0 aliphatic carbocycles. The van der Waals surface area contributed by atoms with Gasteiger partial charge in [-0.2, -0.15) is 15.6 Å². The van der Waals surface area contributed by atoms with Crippen LogP contribution in [0.25, 0.3) is 0 Å². The van der Waals surface area contributed by atoms with Gasteiger partial charge in [-0.25, -0.2) is 9.69 Å². The third-order valence-corrected chi connectivity index (χ3v) is 3.94. The molecule has 0 saturated carbocycles. The van der Waals surface area contributed by atoms with Crippen LogP contribution in [0.1, 0.15) is 31.1 Å². The summed E-state index contributed by atoms with van der Waals surface area (Å²) in [6.45, 7) is 0. The Balaban J connectivity index is 1.89. The number of nitriles is 2. The van der Waals surface area contributed by atoms with E-state index in [1.165, 1.54) is 49.6 Å². The fourth-order valence-corrected chi connectivity index (χ4v) is 2.60. The number of carbonyl (C=O) groups is 3. The van der Waals surface area contributed by atoms with E-state index in [4.69, 9.17) is 10.5 Å². The SMILES string of the molecule is COC(=O)c1ccc(N2C(=O)c3ccc(NN=C(C#N)C#N)cc3C2=O)cc1. The van der Waals surface area contributed by atoms with E-state index >= 15 is 0 Å². The van der Waals surface area contributed by atoms with E-state index in [1.807, 2.05) is 0 Å². The quantitative estimate of drug-likeness (QED) is 0.375. The van der Waals surface area contributed by atoms with Gasteiger partial charge in [0, 0.05) is 0 Å². The second kappa shape index (κ2) is 7.40. The summed E-state index contributed by atoms with van der Waals surface area (Å²) in [5.74, 6) is -1.57. The fourth-order valence-electron chi connectivity index (χ4n) is 2.60. The number of nitrogens with zero attached hydrogens (tertiary/aromatic N) is 4. The van der Waals surface area contributed by atoms with Crippen molar-refractivity contribution in [1.29, 1.82) is 10.5 Å². The maximum atomic E-state index is 12.7. The van der Waals surface area contributed by atoms with E-state index < -0.39 is 17.8 Å². The highest BCUT2D eigenvalue weighted by Gasteiger charge is 2.36. The number of methoxy groups -OCH3 is 1. The zero-order valence-corrected chi connectivity index (χ0v) is 14.5. The first-order valence-corrected chi connectivity index (χ1v) is 7.85. The molecule has 0 aromatic heterocycles. The molecule has 1 aliphatic heterocycles. The van der Waals surface area contributed by atoms with Crippen molar-refractivity contribution >= 4 is 34.9 Å². The van der Waals surface area contributed by atoms with Gasteiger partial charge in [-0.1, -0.05) is 0 Å². The van der Waals surface area contributed by atoms with E-state index in [-0.39, 0.29) is 22.4 Å². The number of hydrogen-bond donors (Lipinski definition) is 1. The third-order valence-electron chi connectivity index (χ3n) is 3.94. The minimum Gasteiger partial charge on any atom is -0.465 e. The molecule has 1 aliphatic rings. The fraction of sp³-hybridized carbons (Fsp3) is 0.0526. The Morgan fingerprint density at radius 3 is 2.29 bits per heavy atom. The zero-order chi connectivity index (χ0) is 20.3. The van der Waals surface area contributed by atoms with Gasteiger partial charge in [0.1, 0.15) is 12.1 Å². The van der Waals surface area contributed by atoms with Crippen molar-refractivity contribution < 1.29 is 19.1 Å². The Hall–Kier alpha value is -4.50. The highest BCUT2D eigenvalue weighted by atomic mass is 16.5. The van der Waals surface area contributed by atoms with Gasteiger partial charge in [0.15, 0.2) is 0 Å². The molecular weight excluding hydrogens is 362 g/mol. The maximum Gasteiger partial charge on any atom is 0.337 e. The highest BCUT2D eigenvalue weighted by Crippen LogP contribution is 2.30. The van der Waals surface area contributed by atoms with Crippen LogP contribution in [0, 0.1) is 22.7 Å². The van der Waals surface area contributed by atoms with Crippen LogP contribution in [0.5, 0.6) is 0 Å². The molecule has 2 aromatic rings. The summed E-state index contributed by atoms with van der Waals surface area (Å²) in [4.78, 5) is 37.9. The van der Waals surface area contributed by atoms with Gasteiger partial charge in [-0.05, 0) is 42.5 Å². The molecule has 0 unspecified atom stereocenters. The third kappa shape index (κ3) is 3.16. The Morgan fingerprint density at radius 2 is 1.68 bits per heavy atom. The summed E-state index contributed by atoms with van der Waals surface area (Å²) in [7, 11) is 1.26. The molecule has 0 atom stereocenters. The second-order valence-electron chi connectivity index (χ2n) is 5.54. The van der Waals surface area contributed by atoms with Crippen molar-refractivity contribution in [2.75, 3.05) is 17.4 Å². The molecule has 0 spiro atoms. The second-order valence-corrected chi connectivity index (χ2v) is 5.54. The lowest BCUT2D eigenvalue weighted by Crippen LogP contribution is -2.29. The van der Waals surface area contributed by atoms with E-state index in [9.17, 15) is 14.4 Å². The van der Waals surface area contributed by atoms with Crippen LogP contribution in [0.2, 0.25) is 0 Å². The number of nitrogens with one attached hydrogen (secondary N) is 1. The number of hydrazone groups is 1. The summed E-state index contributed by atoms with van der Waals surface area (Å²) in [6, 6.07) is 13.4. The number of fused-ring (bicyclic) bond motifs is 1. The number of rotatable bonds is 4. The molecule has 0 radical (unpaired) electrons. The smallest absolute Gasteiger partial charge is 0.337 e. The number of esters is 1. The van der Waals surface area contributed by atoms with Crippen molar-refractivity contribution in [3.63, 3.8) is 0 Å². The lowest BCUT2D eigenvalue weighted by Gasteiger charge is -2.14. The Labute approximate surface area is 159 Å².